The van der Waals surface area contributed by atoms with Crippen molar-refractivity contribution in [2.75, 3.05) is 6.54 Å². The number of imidazole rings is 1. The van der Waals surface area contributed by atoms with Gasteiger partial charge in [0.05, 0.1) is 30.7 Å². The van der Waals surface area contributed by atoms with Crippen LogP contribution in [0.15, 0.2) is 31.0 Å². The zero-order chi connectivity index (χ0) is 13.5. The van der Waals surface area contributed by atoms with Crippen LogP contribution in [0.25, 0.3) is 0 Å². The standard InChI is InChI=1S/C13H13N5O/c14-3-1-2-10-4-11(6-15-5-10)13(19)17-8-12-7-16-9-18-12/h4-7,9H,3,8,14H2,(H,16,18)(H,17,19). The van der Waals surface area contributed by atoms with E-state index in [-0.39, 0.29) is 12.5 Å². The minimum atomic E-state index is -0.210. The number of carbonyl (C=O) groups excluding carboxylic acids is 1. The fourth-order valence-corrected chi connectivity index (χ4v) is 1.44. The van der Waals surface area contributed by atoms with Crippen LogP contribution in [0.4, 0.5) is 0 Å². The van der Waals surface area contributed by atoms with Crippen molar-refractivity contribution >= 4 is 5.91 Å². The van der Waals surface area contributed by atoms with Gasteiger partial charge in [-0.1, -0.05) is 11.8 Å². The molecule has 2 aromatic heterocycles. The second kappa shape index (κ2) is 6.33. The summed E-state index contributed by atoms with van der Waals surface area (Å²) in [4.78, 5) is 22.7. The van der Waals surface area contributed by atoms with E-state index in [0.29, 0.717) is 17.7 Å². The van der Waals surface area contributed by atoms with Gasteiger partial charge in [0.25, 0.3) is 5.91 Å². The lowest BCUT2D eigenvalue weighted by atomic mass is 10.2. The molecule has 0 saturated carbocycles. The minimum Gasteiger partial charge on any atom is -0.347 e. The van der Waals surface area contributed by atoms with Gasteiger partial charge in [-0.05, 0) is 6.07 Å². The number of nitrogens with two attached hydrogens (primary N) is 1. The third-order valence-electron chi connectivity index (χ3n) is 2.33. The lowest BCUT2D eigenvalue weighted by Crippen LogP contribution is -2.23. The van der Waals surface area contributed by atoms with E-state index in [2.05, 4.69) is 32.1 Å². The summed E-state index contributed by atoms with van der Waals surface area (Å²) in [5.74, 6) is 5.34. The number of nitrogens with zero attached hydrogens (tertiary/aromatic N) is 2. The van der Waals surface area contributed by atoms with Gasteiger partial charge in [-0.3, -0.25) is 9.78 Å². The molecule has 19 heavy (non-hydrogen) atoms. The number of nitrogens with one attached hydrogen (secondary N) is 2. The maximum Gasteiger partial charge on any atom is 0.253 e. The van der Waals surface area contributed by atoms with Gasteiger partial charge in [0, 0.05) is 24.2 Å². The van der Waals surface area contributed by atoms with Gasteiger partial charge in [0.1, 0.15) is 0 Å². The van der Waals surface area contributed by atoms with Crippen LogP contribution in [0.3, 0.4) is 0 Å². The fourth-order valence-electron chi connectivity index (χ4n) is 1.44. The zero-order valence-electron chi connectivity index (χ0n) is 10.2. The van der Waals surface area contributed by atoms with Crippen molar-refractivity contribution in [2.45, 2.75) is 6.54 Å². The average Bonchev–Trinajstić information content (AvgIpc) is 2.96. The van der Waals surface area contributed by atoms with Crippen molar-refractivity contribution < 1.29 is 4.79 Å². The molecule has 0 aliphatic rings. The Labute approximate surface area is 110 Å². The third-order valence-corrected chi connectivity index (χ3v) is 2.33. The summed E-state index contributed by atoms with van der Waals surface area (Å²) in [6, 6.07) is 1.68. The van der Waals surface area contributed by atoms with E-state index >= 15 is 0 Å². The Morgan fingerprint density at radius 3 is 3.00 bits per heavy atom. The van der Waals surface area contributed by atoms with Crippen molar-refractivity contribution in [3.63, 3.8) is 0 Å². The van der Waals surface area contributed by atoms with E-state index in [1.54, 1.807) is 24.8 Å². The Morgan fingerprint density at radius 1 is 1.37 bits per heavy atom. The molecule has 2 rings (SSSR count). The normalized spacial score (nSPS) is 9.53. The van der Waals surface area contributed by atoms with E-state index in [1.165, 1.54) is 6.20 Å². The predicted octanol–water partition coefficient (Wildman–Crippen LogP) is 0.0449. The van der Waals surface area contributed by atoms with Gasteiger partial charge >= 0.3 is 0 Å². The molecule has 0 saturated heterocycles. The van der Waals surface area contributed by atoms with Crippen LogP contribution in [-0.2, 0) is 6.54 Å². The van der Waals surface area contributed by atoms with E-state index in [1.807, 2.05) is 0 Å². The quantitative estimate of drug-likeness (QED) is 0.675. The van der Waals surface area contributed by atoms with Crippen LogP contribution in [0, 0.1) is 11.8 Å². The summed E-state index contributed by atoms with van der Waals surface area (Å²) >= 11 is 0. The first-order valence-corrected chi connectivity index (χ1v) is 5.69. The van der Waals surface area contributed by atoms with Gasteiger partial charge < -0.3 is 16.0 Å². The van der Waals surface area contributed by atoms with Gasteiger partial charge in [0.15, 0.2) is 0 Å². The maximum absolute atomic E-state index is 11.9. The zero-order valence-corrected chi connectivity index (χ0v) is 10.2. The number of hydrogen-bond acceptors (Lipinski definition) is 4. The molecule has 2 heterocycles. The molecule has 0 atom stereocenters. The van der Waals surface area contributed by atoms with Crippen molar-refractivity contribution in [2.24, 2.45) is 5.73 Å². The minimum absolute atomic E-state index is 0.210. The van der Waals surface area contributed by atoms with Crippen LogP contribution >= 0.6 is 0 Å². The first-order chi connectivity index (χ1) is 9.29. The first kappa shape index (κ1) is 12.8. The number of carbonyl (C=O) groups is 1. The van der Waals surface area contributed by atoms with Crippen LogP contribution in [0.1, 0.15) is 21.6 Å². The molecule has 0 fully saturated rings. The fraction of sp³-hybridized carbons (Fsp3) is 0.154. The molecule has 6 heteroatoms. The highest BCUT2D eigenvalue weighted by Gasteiger charge is 2.06. The Morgan fingerprint density at radius 2 is 2.26 bits per heavy atom. The molecule has 96 valence electrons. The molecular weight excluding hydrogens is 242 g/mol. The number of aromatic amines is 1. The average molecular weight is 255 g/mol. The van der Waals surface area contributed by atoms with Crippen LogP contribution < -0.4 is 11.1 Å². The number of aromatic nitrogens is 3. The number of H-pyrrole nitrogens is 1. The summed E-state index contributed by atoms with van der Waals surface area (Å²) in [5, 5.41) is 2.76. The second-order valence-electron chi connectivity index (χ2n) is 3.73. The SMILES string of the molecule is NCC#Cc1cncc(C(=O)NCc2cnc[nH]2)c1. The Hall–Kier alpha value is -2.65. The molecule has 0 radical (unpaired) electrons. The summed E-state index contributed by atoms with van der Waals surface area (Å²) < 4.78 is 0. The lowest BCUT2D eigenvalue weighted by Gasteiger charge is -2.03. The molecule has 0 unspecified atom stereocenters. The Bertz CT molecular complexity index is 609. The molecule has 0 aliphatic heterocycles. The van der Waals surface area contributed by atoms with Crippen molar-refractivity contribution in [1.29, 1.82) is 0 Å². The van der Waals surface area contributed by atoms with Crippen LogP contribution in [0.5, 0.6) is 0 Å². The second-order valence-corrected chi connectivity index (χ2v) is 3.73. The predicted molar refractivity (Wildman–Crippen MR) is 69.9 cm³/mol. The van der Waals surface area contributed by atoms with E-state index < -0.39 is 0 Å². The molecule has 0 spiro atoms. The Kier molecular flexibility index (Phi) is 4.26. The maximum atomic E-state index is 11.9. The van der Waals surface area contributed by atoms with Gasteiger partial charge in [-0.25, -0.2) is 4.98 Å². The summed E-state index contributed by atoms with van der Waals surface area (Å²) in [5.41, 5.74) is 7.25. The number of rotatable bonds is 3. The van der Waals surface area contributed by atoms with Crippen LogP contribution in [-0.4, -0.2) is 27.4 Å². The van der Waals surface area contributed by atoms with Crippen LogP contribution in [0.2, 0.25) is 0 Å². The number of pyridine rings is 1. The van der Waals surface area contributed by atoms with Crippen molar-refractivity contribution in [3.05, 3.63) is 47.8 Å². The number of hydrogen-bond donors (Lipinski definition) is 3. The first-order valence-electron chi connectivity index (χ1n) is 5.69. The molecule has 6 nitrogen and oxygen atoms in total. The number of amides is 1. The summed E-state index contributed by atoms with van der Waals surface area (Å²) in [7, 11) is 0. The Balaban J connectivity index is 2.02. The molecule has 4 N–H and O–H groups in total. The molecule has 2 aromatic rings. The van der Waals surface area contributed by atoms with Gasteiger partial charge in [-0.2, -0.15) is 0 Å². The largest absolute Gasteiger partial charge is 0.347 e. The van der Waals surface area contributed by atoms with Gasteiger partial charge in [0.2, 0.25) is 0 Å². The topological polar surface area (TPSA) is 96.7 Å². The lowest BCUT2D eigenvalue weighted by molar-refractivity contribution is 0.0950. The highest BCUT2D eigenvalue weighted by Crippen LogP contribution is 2.02. The molecule has 1 amide bonds. The third kappa shape index (κ3) is 3.66. The molecule has 0 aromatic carbocycles. The smallest absolute Gasteiger partial charge is 0.253 e. The van der Waals surface area contributed by atoms with E-state index in [9.17, 15) is 4.79 Å². The molecular formula is C13H13N5O. The van der Waals surface area contributed by atoms with Gasteiger partial charge in [-0.15, -0.1) is 0 Å². The summed E-state index contributed by atoms with van der Waals surface area (Å²) in [6.45, 7) is 0.661. The summed E-state index contributed by atoms with van der Waals surface area (Å²) in [6.07, 6.45) is 6.30. The molecule has 0 aliphatic carbocycles. The monoisotopic (exact) mass is 255 g/mol. The molecule has 0 bridgehead atoms. The van der Waals surface area contributed by atoms with E-state index in [4.69, 9.17) is 5.73 Å². The highest BCUT2D eigenvalue weighted by molar-refractivity contribution is 5.94. The highest BCUT2D eigenvalue weighted by atomic mass is 16.1. The van der Waals surface area contributed by atoms with E-state index in [0.717, 1.165) is 5.69 Å². The van der Waals surface area contributed by atoms with Crippen molar-refractivity contribution in [3.8, 4) is 11.8 Å². The van der Waals surface area contributed by atoms with Crippen molar-refractivity contribution in [1.82, 2.24) is 20.3 Å².